The summed E-state index contributed by atoms with van der Waals surface area (Å²) >= 11 is 0. The SMILES string of the molecule is CCC(N)Cc1ccc(N(CC)CCCN(C)C)cc1. The molecule has 1 atom stereocenters. The molecule has 0 fully saturated rings. The Balaban J connectivity index is 2.55. The van der Waals surface area contributed by atoms with Crippen LogP contribution in [0.5, 0.6) is 0 Å². The first-order valence-corrected chi connectivity index (χ1v) is 7.81. The first-order valence-electron chi connectivity index (χ1n) is 7.81. The summed E-state index contributed by atoms with van der Waals surface area (Å²) in [5.41, 5.74) is 8.67. The fourth-order valence-corrected chi connectivity index (χ4v) is 2.34. The van der Waals surface area contributed by atoms with Gasteiger partial charge in [0.05, 0.1) is 0 Å². The van der Waals surface area contributed by atoms with Crippen molar-refractivity contribution in [2.45, 2.75) is 39.2 Å². The molecule has 3 heteroatoms. The molecule has 114 valence electrons. The second-order valence-corrected chi connectivity index (χ2v) is 5.78. The van der Waals surface area contributed by atoms with Crippen LogP contribution in [0.3, 0.4) is 0 Å². The van der Waals surface area contributed by atoms with Crippen LogP contribution in [-0.4, -0.2) is 44.7 Å². The molecular weight excluding hydrogens is 246 g/mol. The lowest BCUT2D eigenvalue weighted by atomic mass is 10.0. The van der Waals surface area contributed by atoms with Gasteiger partial charge in [0.15, 0.2) is 0 Å². The molecule has 0 aliphatic rings. The lowest BCUT2D eigenvalue weighted by Gasteiger charge is -2.24. The molecule has 3 nitrogen and oxygen atoms in total. The van der Waals surface area contributed by atoms with Gasteiger partial charge in [0, 0.05) is 24.8 Å². The van der Waals surface area contributed by atoms with Crippen LogP contribution < -0.4 is 10.6 Å². The number of hydrogen-bond donors (Lipinski definition) is 1. The summed E-state index contributed by atoms with van der Waals surface area (Å²) in [6, 6.07) is 9.19. The summed E-state index contributed by atoms with van der Waals surface area (Å²) in [5, 5.41) is 0. The van der Waals surface area contributed by atoms with Crippen LogP contribution in [0.4, 0.5) is 5.69 Å². The zero-order valence-electron chi connectivity index (χ0n) is 13.6. The number of hydrogen-bond acceptors (Lipinski definition) is 3. The minimum Gasteiger partial charge on any atom is -0.372 e. The van der Waals surface area contributed by atoms with Gasteiger partial charge in [-0.2, -0.15) is 0 Å². The van der Waals surface area contributed by atoms with Crippen molar-refractivity contribution in [3.05, 3.63) is 29.8 Å². The Morgan fingerprint density at radius 1 is 1.05 bits per heavy atom. The summed E-state index contributed by atoms with van der Waals surface area (Å²) in [5.74, 6) is 0. The average Bonchev–Trinajstić information content (AvgIpc) is 2.44. The number of rotatable bonds is 9. The van der Waals surface area contributed by atoms with E-state index in [0.717, 1.165) is 32.5 Å². The monoisotopic (exact) mass is 277 g/mol. The summed E-state index contributed by atoms with van der Waals surface area (Å²) in [6.45, 7) is 7.67. The molecule has 0 bridgehead atoms. The number of nitrogens with two attached hydrogens (primary N) is 1. The van der Waals surface area contributed by atoms with Crippen LogP contribution in [0, 0.1) is 0 Å². The normalized spacial score (nSPS) is 12.7. The van der Waals surface area contributed by atoms with Gasteiger partial charge in [0.1, 0.15) is 0 Å². The third kappa shape index (κ3) is 5.93. The Bertz CT molecular complexity index is 359. The van der Waals surface area contributed by atoms with E-state index in [1.807, 2.05) is 0 Å². The number of benzene rings is 1. The summed E-state index contributed by atoms with van der Waals surface area (Å²) < 4.78 is 0. The molecule has 0 saturated heterocycles. The molecule has 0 aliphatic heterocycles. The van der Waals surface area contributed by atoms with Gasteiger partial charge in [-0.3, -0.25) is 0 Å². The van der Waals surface area contributed by atoms with Crippen LogP contribution in [-0.2, 0) is 6.42 Å². The molecule has 1 rings (SSSR count). The van der Waals surface area contributed by atoms with Crippen LogP contribution in [0.25, 0.3) is 0 Å². The number of anilines is 1. The van der Waals surface area contributed by atoms with Crippen molar-refractivity contribution >= 4 is 5.69 Å². The summed E-state index contributed by atoms with van der Waals surface area (Å²) in [7, 11) is 4.25. The second-order valence-electron chi connectivity index (χ2n) is 5.78. The first-order chi connectivity index (χ1) is 9.56. The van der Waals surface area contributed by atoms with Crippen LogP contribution >= 0.6 is 0 Å². The van der Waals surface area contributed by atoms with Crippen molar-refractivity contribution in [1.82, 2.24) is 4.90 Å². The molecule has 1 unspecified atom stereocenters. The van der Waals surface area contributed by atoms with E-state index in [2.05, 4.69) is 62.0 Å². The van der Waals surface area contributed by atoms with Gasteiger partial charge in [0.25, 0.3) is 0 Å². The maximum atomic E-state index is 6.01. The van der Waals surface area contributed by atoms with E-state index >= 15 is 0 Å². The third-order valence-electron chi connectivity index (χ3n) is 3.74. The van der Waals surface area contributed by atoms with Crippen molar-refractivity contribution in [2.24, 2.45) is 5.73 Å². The summed E-state index contributed by atoms with van der Waals surface area (Å²) in [4.78, 5) is 4.68. The van der Waals surface area contributed by atoms with Crippen LogP contribution in [0.15, 0.2) is 24.3 Å². The molecule has 0 saturated carbocycles. The standard InChI is InChI=1S/C17H31N3/c1-5-16(18)14-15-8-10-17(11-9-15)20(6-2)13-7-12-19(3)4/h8-11,16H,5-7,12-14,18H2,1-4H3. The molecule has 0 aliphatic carbocycles. The third-order valence-corrected chi connectivity index (χ3v) is 3.74. The van der Waals surface area contributed by atoms with E-state index in [1.54, 1.807) is 0 Å². The highest BCUT2D eigenvalue weighted by molar-refractivity contribution is 5.47. The lowest BCUT2D eigenvalue weighted by Crippen LogP contribution is -2.27. The zero-order chi connectivity index (χ0) is 15.0. The van der Waals surface area contributed by atoms with E-state index in [4.69, 9.17) is 5.73 Å². The average molecular weight is 277 g/mol. The predicted molar refractivity (Wildman–Crippen MR) is 89.5 cm³/mol. The highest BCUT2D eigenvalue weighted by Gasteiger charge is 2.06. The van der Waals surface area contributed by atoms with Gasteiger partial charge >= 0.3 is 0 Å². The predicted octanol–water partition coefficient (Wildman–Crippen LogP) is 2.74. The minimum atomic E-state index is 0.281. The van der Waals surface area contributed by atoms with E-state index in [9.17, 15) is 0 Å². The van der Waals surface area contributed by atoms with Crippen molar-refractivity contribution in [1.29, 1.82) is 0 Å². The quantitative estimate of drug-likeness (QED) is 0.753. The Morgan fingerprint density at radius 3 is 2.20 bits per heavy atom. The Kier molecular flexibility index (Phi) is 7.63. The van der Waals surface area contributed by atoms with Gasteiger partial charge in [-0.05, 0) is 64.5 Å². The second kappa shape index (κ2) is 8.98. The summed E-state index contributed by atoms with van der Waals surface area (Å²) in [6.07, 6.45) is 3.21. The topological polar surface area (TPSA) is 32.5 Å². The number of nitrogens with zero attached hydrogens (tertiary/aromatic N) is 2. The molecule has 0 radical (unpaired) electrons. The minimum absolute atomic E-state index is 0.281. The van der Waals surface area contributed by atoms with E-state index in [-0.39, 0.29) is 6.04 Å². The van der Waals surface area contributed by atoms with Gasteiger partial charge in [-0.15, -0.1) is 0 Å². The van der Waals surface area contributed by atoms with E-state index < -0.39 is 0 Å². The Hall–Kier alpha value is -1.06. The first kappa shape index (κ1) is 17.0. The van der Waals surface area contributed by atoms with Gasteiger partial charge in [0.2, 0.25) is 0 Å². The Labute approximate surface area is 124 Å². The van der Waals surface area contributed by atoms with Crippen LogP contribution in [0.1, 0.15) is 32.3 Å². The van der Waals surface area contributed by atoms with Crippen molar-refractivity contribution < 1.29 is 0 Å². The molecule has 0 amide bonds. The van der Waals surface area contributed by atoms with Crippen LogP contribution in [0.2, 0.25) is 0 Å². The fourth-order valence-electron chi connectivity index (χ4n) is 2.34. The molecule has 0 heterocycles. The smallest absolute Gasteiger partial charge is 0.0366 e. The highest BCUT2D eigenvalue weighted by Crippen LogP contribution is 2.16. The van der Waals surface area contributed by atoms with Gasteiger partial charge in [-0.25, -0.2) is 0 Å². The molecule has 20 heavy (non-hydrogen) atoms. The molecule has 1 aromatic rings. The van der Waals surface area contributed by atoms with Crippen molar-refractivity contribution in [3.63, 3.8) is 0 Å². The fraction of sp³-hybridized carbons (Fsp3) is 0.647. The highest BCUT2D eigenvalue weighted by atomic mass is 15.1. The maximum Gasteiger partial charge on any atom is 0.0366 e. The Morgan fingerprint density at radius 2 is 1.70 bits per heavy atom. The largest absolute Gasteiger partial charge is 0.372 e. The molecule has 0 spiro atoms. The zero-order valence-corrected chi connectivity index (χ0v) is 13.6. The van der Waals surface area contributed by atoms with Crippen molar-refractivity contribution in [3.8, 4) is 0 Å². The molecule has 2 N–H and O–H groups in total. The van der Waals surface area contributed by atoms with Gasteiger partial charge in [-0.1, -0.05) is 19.1 Å². The van der Waals surface area contributed by atoms with E-state index in [0.29, 0.717) is 0 Å². The maximum absolute atomic E-state index is 6.01. The molecule has 0 aromatic heterocycles. The molecular formula is C17H31N3. The van der Waals surface area contributed by atoms with Gasteiger partial charge < -0.3 is 15.5 Å². The van der Waals surface area contributed by atoms with E-state index in [1.165, 1.54) is 17.7 Å². The lowest BCUT2D eigenvalue weighted by molar-refractivity contribution is 0.400. The van der Waals surface area contributed by atoms with Crippen molar-refractivity contribution in [2.75, 3.05) is 38.6 Å². The molecule has 1 aromatic carbocycles.